The number of carbonyl (C=O) groups is 1. The number of pyridine rings is 1. The molecular formula is C14H14N2O2. The molecule has 0 saturated carbocycles. The van der Waals surface area contributed by atoms with Gasteiger partial charge in [-0.3, -0.25) is 9.78 Å². The average molecular weight is 242 g/mol. The molecule has 0 bridgehead atoms. The molecule has 4 heteroatoms. The molecule has 1 amide bonds. The second-order valence-electron chi connectivity index (χ2n) is 3.84. The lowest BCUT2D eigenvalue weighted by molar-refractivity contribution is 0.0951. The summed E-state index contributed by atoms with van der Waals surface area (Å²) in [5.74, 6) is 0.0280. The number of hydrogen-bond donors (Lipinski definition) is 2. The number of carbonyl (C=O) groups excluding carboxylic acids is 1. The summed E-state index contributed by atoms with van der Waals surface area (Å²) in [6.45, 7) is 2.44. The minimum absolute atomic E-state index is 0.181. The molecule has 0 spiro atoms. The SMILES string of the molecule is CCNC(=O)c1ccc(-c2cccc(O)c2)cn1. The van der Waals surface area contributed by atoms with Crippen LogP contribution in [0.1, 0.15) is 17.4 Å². The van der Waals surface area contributed by atoms with Crippen molar-refractivity contribution in [3.63, 3.8) is 0 Å². The Morgan fingerprint density at radius 1 is 1.28 bits per heavy atom. The number of aromatic nitrogens is 1. The summed E-state index contributed by atoms with van der Waals surface area (Å²) in [4.78, 5) is 15.6. The number of nitrogens with one attached hydrogen (secondary N) is 1. The van der Waals surface area contributed by atoms with Gasteiger partial charge in [-0.25, -0.2) is 0 Å². The van der Waals surface area contributed by atoms with Crippen molar-refractivity contribution in [1.82, 2.24) is 10.3 Å². The molecule has 2 rings (SSSR count). The highest BCUT2D eigenvalue weighted by molar-refractivity contribution is 5.92. The lowest BCUT2D eigenvalue weighted by atomic mass is 10.1. The molecule has 0 aliphatic carbocycles. The normalized spacial score (nSPS) is 10.1. The van der Waals surface area contributed by atoms with Crippen LogP contribution in [0.5, 0.6) is 5.75 Å². The molecule has 0 unspecified atom stereocenters. The van der Waals surface area contributed by atoms with Crippen LogP contribution in [0.4, 0.5) is 0 Å². The molecule has 2 aromatic rings. The third-order valence-corrected chi connectivity index (χ3v) is 2.51. The molecule has 18 heavy (non-hydrogen) atoms. The molecule has 92 valence electrons. The molecule has 1 aromatic heterocycles. The maximum atomic E-state index is 11.5. The fraction of sp³-hybridized carbons (Fsp3) is 0.143. The van der Waals surface area contributed by atoms with E-state index in [1.54, 1.807) is 30.5 Å². The van der Waals surface area contributed by atoms with Crippen molar-refractivity contribution < 1.29 is 9.90 Å². The van der Waals surface area contributed by atoms with E-state index in [1.165, 1.54) is 0 Å². The van der Waals surface area contributed by atoms with E-state index >= 15 is 0 Å². The summed E-state index contributed by atoms with van der Waals surface area (Å²) in [6, 6.07) is 10.4. The molecule has 2 N–H and O–H groups in total. The molecule has 0 aliphatic rings. The van der Waals surface area contributed by atoms with Crippen LogP contribution in [0, 0.1) is 0 Å². The number of phenolic OH excluding ortho intramolecular Hbond substituents is 1. The monoisotopic (exact) mass is 242 g/mol. The number of phenols is 1. The third kappa shape index (κ3) is 2.66. The molecule has 1 aromatic carbocycles. The maximum absolute atomic E-state index is 11.5. The van der Waals surface area contributed by atoms with Crippen molar-refractivity contribution in [3.05, 3.63) is 48.3 Å². The van der Waals surface area contributed by atoms with E-state index < -0.39 is 0 Å². The predicted molar refractivity (Wildman–Crippen MR) is 69.3 cm³/mol. The molecule has 0 fully saturated rings. The van der Waals surface area contributed by atoms with Crippen LogP contribution >= 0.6 is 0 Å². The van der Waals surface area contributed by atoms with Gasteiger partial charge in [-0.2, -0.15) is 0 Å². The fourth-order valence-electron chi connectivity index (χ4n) is 1.64. The van der Waals surface area contributed by atoms with Gasteiger partial charge in [0, 0.05) is 18.3 Å². The smallest absolute Gasteiger partial charge is 0.269 e. The number of rotatable bonds is 3. The van der Waals surface area contributed by atoms with Gasteiger partial charge in [0.05, 0.1) is 0 Å². The van der Waals surface area contributed by atoms with Gasteiger partial charge in [0.15, 0.2) is 0 Å². The Morgan fingerprint density at radius 3 is 2.72 bits per heavy atom. The van der Waals surface area contributed by atoms with E-state index in [4.69, 9.17) is 0 Å². The maximum Gasteiger partial charge on any atom is 0.269 e. The highest BCUT2D eigenvalue weighted by Crippen LogP contribution is 2.22. The van der Waals surface area contributed by atoms with Crippen molar-refractivity contribution in [2.45, 2.75) is 6.92 Å². The summed E-state index contributed by atoms with van der Waals surface area (Å²) in [5.41, 5.74) is 2.12. The number of aromatic hydroxyl groups is 1. The Labute approximate surface area is 105 Å². The van der Waals surface area contributed by atoms with Crippen molar-refractivity contribution in [2.24, 2.45) is 0 Å². The Bertz CT molecular complexity index is 550. The zero-order chi connectivity index (χ0) is 13.0. The minimum Gasteiger partial charge on any atom is -0.508 e. The van der Waals surface area contributed by atoms with Gasteiger partial charge in [-0.15, -0.1) is 0 Å². The van der Waals surface area contributed by atoms with Crippen LogP contribution < -0.4 is 5.32 Å². The van der Waals surface area contributed by atoms with Crippen LogP contribution in [-0.4, -0.2) is 22.5 Å². The van der Waals surface area contributed by atoms with E-state index in [0.717, 1.165) is 11.1 Å². The number of amides is 1. The second-order valence-corrected chi connectivity index (χ2v) is 3.84. The van der Waals surface area contributed by atoms with Crippen LogP contribution in [0.15, 0.2) is 42.6 Å². The summed E-state index contributed by atoms with van der Waals surface area (Å²) >= 11 is 0. The van der Waals surface area contributed by atoms with Gasteiger partial charge in [-0.1, -0.05) is 18.2 Å². The van der Waals surface area contributed by atoms with Crippen LogP contribution in [0.3, 0.4) is 0 Å². The quantitative estimate of drug-likeness (QED) is 0.867. The third-order valence-electron chi connectivity index (χ3n) is 2.51. The zero-order valence-electron chi connectivity index (χ0n) is 10.1. The standard InChI is InChI=1S/C14H14N2O2/c1-2-15-14(18)13-7-6-11(9-16-13)10-4-3-5-12(17)8-10/h3-9,17H,2H2,1H3,(H,15,18). The number of hydrogen-bond acceptors (Lipinski definition) is 3. The molecule has 0 atom stereocenters. The minimum atomic E-state index is -0.181. The fourth-order valence-corrected chi connectivity index (χ4v) is 1.64. The van der Waals surface area contributed by atoms with Gasteiger partial charge in [0.2, 0.25) is 0 Å². The topological polar surface area (TPSA) is 62.2 Å². The lowest BCUT2D eigenvalue weighted by Gasteiger charge is -2.04. The Kier molecular flexibility index (Phi) is 3.57. The van der Waals surface area contributed by atoms with Crippen molar-refractivity contribution in [2.75, 3.05) is 6.54 Å². The van der Waals surface area contributed by atoms with E-state index in [2.05, 4.69) is 10.3 Å². The first-order chi connectivity index (χ1) is 8.70. The first-order valence-electron chi connectivity index (χ1n) is 5.74. The Morgan fingerprint density at radius 2 is 2.11 bits per heavy atom. The van der Waals surface area contributed by atoms with Gasteiger partial charge in [0.1, 0.15) is 11.4 Å². The zero-order valence-corrected chi connectivity index (χ0v) is 10.1. The highest BCUT2D eigenvalue weighted by atomic mass is 16.3. The molecule has 0 saturated heterocycles. The van der Waals surface area contributed by atoms with Crippen LogP contribution in [0.2, 0.25) is 0 Å². The Balaban J connectivity index is 2.25. The van der Waals surface area contributed by atoms with Crippen molar-refractivity contribution in [1.29, 1.82) is 0 Å². The van der Waals surface area contributed by atoms with E-state index in [9.17, 15) is 9.90 Å². The molecular weight excluding hydrogens is 228 g/mol. The highest BCUT2D eigenvalue weighted by Gasteiger charge is 2.06. The molecule has 1 heterocycles. The van der Waals surface area contributed by atoms with Gasteiger partial charge < -0.3 is 10.4 Å². The van der Waals surface area contributed by atoms with E-state index in [-0.39, 0.29) is 11.7 Å². The van der Waals surface area contributed by atoms with Crippen LogP contribution in [-0.2, 0) is 0 Å². The predicted octanol–water partition coefficient (Wildman–Crippen LogP) is 2.20. The first kappa shape index (κ1) is 12.1. The number of benzene rings is 1. The summed E-state index contributed by atoms with van der Waals surface area (Å²) in [5, 5.41) is 12.1. The van der Waals surface area contributed by atoms with Crippen molar-refractivity contribution in [3.8, 4) is 16.9 Å². The van der Waals surface area contributed by atoms with E-state index in [0.29, 0.717) is 12.2 Å². The van der Waals surface area contributed by atoms with E-state index in [1.807, 2.05) is 19.1 Å². The molecule has 4 nitrogen and oxygen atoms in total. The lowest BCUT2D eigenvalue weighted by Crippen LogP contribution is -2.23. The average Bonchev–Trinajstić information content (AvgIpc) is 2.39. The van der Waals surface area contributed by atoms with Crippen LogP contribution in [0.25, 0.3) is 11.1 Å². The summed E-state index contributed by atoms with van der Waals surface area (Å²) in [6.07, 6.45) is 1.62. The second kappa shape index (κ2) is 5.31. The Hall–Kier alpha value is -2.36. The van der Waals surface area contributed by atoms with Gasteiger partial charge in [0.25, 0.3) is 5.91 Å². The molecule has 0 radical (unpaired) electrons. The first-order valence-corrected chi connectivity index (χ1v) is 5.74. The van der Waals surface area contributed by atoms with Gasteiger partial charge in [-0.05, 0) is 30.7 Å². The largest absolute Gasteiger partial charge is 0.508 e. The number of nitrogens with zero attached hydrogens (tertiary/aromatic N) is 1. The van der Waals surface area contributed by atoms with Crippen molar-refractivity contribution >= 4 is 5.91 Å². The summed E-state index contributed by atoms with van der Waals surface area (Å²) < 4.78 is 0. The molecule has 0 aliphatic heterocycles. The van der Waals surface area contributed by atoms with Gasteiger partial charge >= 0.3 is 0 Å². The summed E-state index contributed by atoms with van der Waals surface area (Å²) in [7, 11) is 0.